The Bertz CT molecular complexity index is 196. The maximum atomic E-state index is 8.77. The molecule has 0 aromatic carbocycles. The molecule has 0 spiro atoms. The molecule has 1 aliphatic rings. The molecule has 1 unspecified atom stereocenters. The van der Waals surface area contributed by atoms with Crippen LogP contribution in [0.15, 0.2) is 11.6 Å². The summed E-state index contributed by atoms with van der Waals surface area (Å²) < 4.78 is 0. The fourth-order valence-corrected chi connectivity index (χ4v) is 0.597. The van der Waals surface area contributed by atoms with E-state index in [0.717, 1.165) is 0 Å². The summed E-state index contributed by atoms with van der Waals surface area (Å²) in [6, 6.07) is 0. The van der Waals surface area contributed by atoms with Gasteiger partial charge in [0.05, 0.1) is 0 Å². The van der Waals surface area contributed by atoms with Gasteiger partial charge in [-0.05, 0) is 5.17 Å². The highest BCUT2D eigenvalue weighted by molar-refractivity contribution is 5.01. The minimum Gasteiger partial charge on any atom is -0.504 e. The largest absolute Gasteiger partial charge is 0.504 e. The van der Waals surface area contributed by atoms with Crippen LogP contribution in [-0.2, 0) is 0 Å². The molecule has 12 heavy (non-hydrogen) atoms. The summed E-state index contributed by atoms with van der Waals surface area (Å²) in [5.41, 5.74) is 0. The third-order valence-corrected chi connectivity index (χ3v) is 1.23. The van der Waals surface area contributed by atoms with Crippen LogP contribution in [0.25, 0.3) is 0 Å². The van der Waals surface area contributed by atoms with Gasteiger partial charge >= 0.3 is 0 Å². The lowest BCUT2D eigenvalue weighted by Gasteiger charge is -2.35. The number of aliphatic hydroxyl groups excluding tert-OH is 3. The quantitative estimate of drug-likeness (QED) is 0.264. The minimum atomic E-state index is -2.04. The molecule has 0 aromatic heterocycles. The average molecular weight is 181 g/mol. The van der Waals surface area contributed by atoms with Crippen molar-refractivity contribution in [3.63, 3.8) is 0 Å². The number of aliphatic hydroxyl groups is 3. The predicted octanol–water partition coefficient (Wildman–Crippen LogP) is -1.49. The molecule has 0 saturated carbocycles. The van der Waals surface area contributed by atoms with Crippen molar-refractivity contribution in [3.8, 4) is 0 Å². The number of hydrogen-bond acceptors (Lipinski definition) is 9. The van der Waals surface area contributed by atoms with Crippen LogP contribution in [0.3, 0.4) is 0 Å². The molecule has 0 bridgehead atoms. The normalized spacial score (nSPS) is 28.3. The van der Waals surface area contributed by atoms with Gasteiger partial charge in [0.2, 0.25) is 12.0 Å². The summed E-state index contributed by atoms with van der Waals surface area (Å²) in [6.07, 6.45) is -2.04. The molecule has 6 N–H and O–H groups in total. The van der Waals surface area contributed by atoms with Crippen LogP contribution in [0.4, 0.5) is 0 Å². The Morgan fingerprint density at radius 1 is 1.08 bits per heavy atom. The molecule has 0 fully saturated rings. The Labute approximate surface area is 65.6 Å². The fraction of sp³-hybridized carbons (Fsp3) is 0.333. The van der Waals surface area contributed by atoms with Crippen LogP contribution in [0, 0.1) is 0 Å². The number of hydrogen-bond donors (Lipinski definition) is 6. The fourth-order valence-electron chi connectivity index (χ4n) is 0.597. The van der Waals surface area contributed by atoms with E-state index in [1.165, 1.54) is 0 Å². The molecule has 1 heterocycles. The van der Waals surface area contributed by atoms with E-state index in [2.05, 4.69) is 0 Å². The number of hydrazine groups is 2. The average Bonchev–Trinajstić information content (AvgIpc) is 2.08. The minimum absolute atomic E-state index is 0.324. The van der Waals surface area contributed by atoms with E-state index in [1.54, 1.807) is 0 Å². The molecule has 0 saturated heterocycles. The van der Waals surface area contributed by atoms with Crippen molar-refractivity contribution in [1.29, 1.82) is 0 Å². The van der Waals surface area contributed by atoms with Crippen molar-refractivity contribution in [2.75, 3.05) is 0 Å². The van der Waals surface area contributed by atoms with Gasteiger partial charge in [-0.3, -0.25) is 15.6 Å². The number of hydroxylamine groups is 2. The summed E-state index contributed by atoms with van der Waals surface area (Å²) in [4.78, 5) is 0. The molecule has 1 atom stereocenters. The lowest BCUT2D eigenvalue weighted by Crippen LogP contribution is -2.57. The topological polar surface area (TPSA) is 131 Å². The van der Waals surface area contributed by atoms with Gasteiger partial charge in [-0.15, -0.1) is 5.17 Å². The molecule has 9 nitrogen and oxygen atoms in total. The molecule has 1 aliphatic heterocycles. The smallest absolute Gasteiger partial charge is 0.274 e. The molecular formula is C3H7N3O6. The van der Waals surface area contributed by atoms with Gasteiger partial charge < -0.3 is 15.3 Å². The summed E-state index contributed by atoms with van der Waals surface area (Å²) in [6.45, 7) is 0. The SMILES string of the molecule is OC1=C(O)N(O)N(O)N(O)C1O. The maximum absolute atomic E-state index is 8.77. The first-order valence-corrected chi connectivity index (χ1v) is 2.73. The van der Waals surface area contributed by atoms with Crippen molar-refractivity contribution in [2.45, 2.75) is 6.23 Å². The second-order valence-corrected chi connectivity index (χ2v) is 1.96. The van der Waals surface area contributed by atoms with E-state index in [1.807, 2.05) is 0 Å². The third kappa shape index (κ3) is 1.06. The van der Waals surface area contributed by atoms with Gasteiger partial charge in [0.25, 0.3) is 5.88 Å². The van der Waals surface area contributed by atoms with Crippen LogP contribution in [0.5, 0.6) is 0 Å². The molecular weight excluding hydrogens is 174 g/mol. The van der Waals surface area contributed by atoms with Gasteiger partial charge in [0.15, 0.2) is 0 Å². The van der Waals surface area contributed by atoms with E-state index in [-0.39, 0.29) is 10.3 Å². The predicted molar refractivity (Wildman–Crippen MR) is 29.2 cm³/mol. The zero-order valence-electron chi connectivity index (χ0n) is 5.60. The first-order chi connectivity index (χ1) is 5.46. The van der Waals surface area contributed by atoms with Gasteiger partial charge in [-0.25, -0.2) is 0 Å². The lowest BCUT2D eigenvalue weighted by atomic mass is 10.4. The third-order valence-electron chi connectivity index (χ3n) is 1.23. The van der Waals surface area contributed by atoms with Crippen LogP contribution in [0.1, 0.15) is 0 Å². The molecule has 1 rings (SSSR count). The Kier molecular flexibility index (Phi) is 2.06. The first-order valence-electron chi connectivity index (χ1n) is 2.73. The van der Waals surface area contributed by atoms with E-state index in [4.69, 9.17) is 30.9 Å². The van der Waals surface area contributed by atoms with Crippen LogP contribution < -0.4 is 0 Å². The highest BCUT2D eigenvalue weighted by atomic mass is 16.8. The Morgan fingerprint density at radius 3 is 2.08 bits per heavy atom. The Morgan fingerprint density at radius 2 is 1.58 bits per heavy atom. The van der Waals surface area contributed by atoms with Crippen molar-refractivity contribution < 1.29 is 30.9 Å². The summed E-state index contributed by atoms with van der Waals surface area (Å²) in [7, 11) is 0. The zero-order valence-corrected chi connectivity index (χ0v) is 5.60. The Balaban J connectivity index is 3.00. The van der Waals surface area contributed by atoms with Crippen LogP contribution in [0.2, 0.25) is 0 Å². The molecule has 70 valence electrons. The monoisotopic (exact) mass is 181 g/mol. The van der Waals surface area contributed by atoms with Crippen LogP contribution >= 0.6 is 0 Å². The Hall–Kier alpha value is -1.10. The highest BCUT2D eigenvalue weighted by Gasteiger charge is 2.38. The highest BCUT2D eigenvalue weighted by Crippen LogP contribution is 2.18. The first kappa shape index (κ1) is 8.99. The van der Waals surface area contributed by atoms with Gasteiger partial charge in [-0.1, -0.05) is 0 Å². The second-order valence-electron chi connectivity index (χ2n) is 1.96. The van der Waals surface area contributed by atoms with Crippen LogP contribution in [-0.4, -0.2) is 52.8 Å². The van der Waals surface area contributed by atoms with Crippen molar-refractivity contribution in [2.24, 2.45) is 0 Å². The molecule has 9 heteroatoms. The maximum Gasteiger partial charge on any atom is 0.274 e. The summed E-state index contributed by atoms with van der Waals surface area (Å²) in [5, 5.41) is 51.0. The van der Waals surface area contributed by atoms with E-state index < -0.39 is 23.2 Å². The van der Waals surface area contributed by atoms with E-state index >= 15 is 0 Å². The zero-order chi connectivity index (χ0) is 9.46. The molecule has 0 amide bonds. The summed E-state index contributed by atoms with van der Waals surface area (Å²) >= 11 is 0. The second kappa shape index (κ2) is 2.75. The molecule has 0 aliphatic carbocycles. The van der Waals surface area contributed by atoms with Gasteiger partial charge in [0, 0.05) is 5.28 Å². The number of nitrogens with zero attached hydrogens (tertiary/aromatic N) is 3. The van der Waals surface area contributed by atoms with Crippen molar-refractivity contribution >= 4 is 0 Å². The standard InChI is InChI=1S/C3H7N3O6/c7-1-2(8)4(10)6(12)5(11)3(1)9/h2,7-12H. The molecule has 0 aromatic rings. The van der Waals surface area contributed by atoms with Crippen molar-refractivity contribution in [1.82, 2.24) is 15.6 Å². The van der Waals surface area contributed by atoms with Crippen molar-refractivity contribution in [3.05, 3.63) is 11.6 Å². The van der Waals surface area contributed by atoms with E-state index in [9.17, 15) is 0 Å². The summed E-state index contributed by atoms with van der Waals surface area (Å²) in [5.74, 6) is -2.30. The van der Waals surface area contributed by atoms with E-state index in [0.29, 0.717) is 0 Å². The molecule has 0 radical (unpaired) electrons. The number of rotatable bonds is 0. The van der Waals surface area contributed by atoms with Gasteiger partial charge in [0.1, 0.15) is 0 Å². The van der Waals surface area contributed by atoms with Gasteiger partial charge in [-0.2, -0.15) is 0 Å². The lowest BCUT2D eigenvalue weighted by molar-refractivity contribution is -0.535.